The molecular weight excluding hydrogens is 264 g/mol. The molecule has 0 aromatic heterocycles. The molecule has 21 heavy (non-hydrogen) atoms. The molecule has 2 aliphatic carbocycles. The van der Waals surface area contributed by atoms with Crippen molar-refractivity contribution in [3.8, 4) is 0 Å². The molecule has 122 valence electrons. The fourth-order valence-corrected chi connectivity index (χ4v) is 3.46. The van der Waals surface area contributed by atoms with Gasteiger partial charge in [-0.1, -0.05) is 25.7 Å². The van der Waals surface area contributed by atoms with Crippen molar-refractivity contribution in [3.63, 3.8) is 0 Å². The Morgan fingerprint density at radius 3 is 2.33 bits per heavy atom. The van der Waals surface area contributed by atoms with E-state index in [-0.39, 0.29) is 5.97 Å². The summed E-state index contributed by atoms with van der Waals surface area (Å²) in [5.74, 6) is -0.0997. The van der Waals surface area contributed by atoms with Crippen LogP contribution in [0.25, 0.3) is 0 Å². The van der Waals surface area contributed by atoms with Crippen LogP contribution in [0.2, 0.25) is 0 Å². The molecule has 2 fully saturated rings. The van der Waals surface area contributed by atoms with E-state index in [1.165, 1.54) is 51.4 Å². The maximum absolute atomic E-state index is 12.4. The van der Waals surface area contributed by atoms with Gasteiger partial charge in [0.25, 0.3) is 0 Å². The van der Waals surface area contributed by atoms with E-state index < -0.39 is 5.54 Å². The summed E-state index contributed by atoms with van der Waals surface area (Å²) in [5, 5.41) is 3.52. The molecule has 0 aromatic rings. The fraction of sp³-hybridized carbons (Fsp3) is 0.941. The highest BCUT2D eigenvalue weighted by Gasteiger charge is 2.41. The van der Waals surface area contributed by atoms with E-state index >= 15 is 0 Å². The van der Waals surface area contributed by atoms with Gasteiger partial charge in [0.05, 0.1) is 6.61 Å². The van der Waals surface area contributed by atoms with Gasteiger partial charge in [-0.25, -0.2) is 0 Å². The van der Waals surface area contributed by atoms with Crippen LogP contribution in [0.1, 0.15) is 65.2 Å². The van der Waals surface area contributed by atoms with Crippen molar-refractivity contribution in [1.29, 1.82) is 0 Å². The van der Waals surface area contributed by atoms with Crippen LogP contribution >= 0.6 is 0 Å². The van der Waals surface area contributed by atoms with E-state index in [0.29, 0.717) is 18.7 Å². The minimum absolute atomic E-state index is 0.0997. The van der Waals surface area contributed by atoms with Gasteiger partial charge in [0.15, 0.2) is 0 Å². The standard InChI is InChI=1S/C17H32N2O2/c1-4-21-16(20)17(2,18-14-11-12-14)13-19(3)15-9-7-5-6-8-10-15/h14-15,18H,4-13H2,1-3H3. The first kappa shape index (κ1) is 16.8. The topological polar surface area (TPSA) is 41.6 Å². The quantitative estimate of drug-likeness (QED) is 0.579. The zero-order valence-electron chi connectivity index (χ0n) is 14.0. The molecule has 0 aliphatic heterocycles. The Balaban J connectivity index is 1.96. The van der Waals surface area contributed by atoms with E-state index in [1.807, 2.05) is 13.8 Å². The third-order valence-corrected chi connectivity index (χ3v) is 4.84. The van der Waals surface area contributed by atoms with Gasteiger partial charge in [0.2, 0.25) is 0 Å². The summed E-state index contributed by atoms with van der Waals surface area (Å²) in [6.07, 6.45) is 10.3. The minimum atomic E-state index is -0.571. The highest BCUT2D eigenvalue weighted by Crippen LogP contribution is 2.26. The second-order valence-electron chi connectivity index (χ2n) is 7.03. The number of rotatable bonds is 7. The van der Waals surface area contributed by atoms with Crippen LogP contribution in [0.3, 0.4) is 0 Å². The highest BCUT2D eigenvalue weighted by atomic mass is 16.5. The first-order valence-electron chi connectivity index (χ1n) is 8.70. The van der Waals surface area contributed by atoms with Crippen molar-refractivity contribution in [3.05, 3.63) is 0 Å². The van der Waals surface area contributed by atoms with Crippen LogP contribution in [0.15, 0.2) is 0 Å². The predicted octanol–water partition coefficient (Wildman–Crippen LogP) is 2.71. The van der Waals surface area contributed by atoms with Crippen LogP contribution in [-0.2, 0) is 9.53 Å². The Hall–Kier alpha value is -0.610. The summed E-state index contributed by atoms with van der Waals surface area (Å²) in [5.41, 5.74) is -0.571. The monoisotopic (exact) mass is 296 g/mol. The van der Waals surface area contributed by atoms with E-state index in [1.54, 1.807) is 0 Å². The second-order valence-corrected chi connectivity index (χ2v) is 7.03. The van der Waals surface area contributed by atoms with Gasteiger partial charge >= 0.3 is 5.97 Å². The summed E-state index contributed by atoms with van der Waals surface area (Å²) in [7, 11) is 2.17. The van der Waals surface area contributed by atoms with Gasteiger partial charge in [0.1, 0.15) is 5.54 Å². The normalized spacial score (nSPS) is 23.6. The molecular formula is C17H32N2O2. The van der Waals surface area contributed by atoms with Crippen molar-refractivity contribution in [2.24, 2.45) is 0 Å². The number of carbonyl (C=O) groups is 1. The van der Waals surface area contributed by atoms with Crippen LogP contribution in [0, 0.1) is 0 Å². The third-order valence-electron chi connectivity index (χ3n) is 4.84. The number of ether oxygens (including phenoxy) is 1. The zero-order chi connectivity index (χ0) is 15.3. The average Bonchev–Trinajstić information content (AvgIpc) is 3.24. The molecule has 4 nitrogen and oxygen atoms in total. The largest absolute Gasteiger partial charge is 0.465 e. The van der Waals surface area contributed by atoms with Crippen molar-refractivity contribution >= 4 is 5.97 Å². The Kier molecular flexibility index (Phi) is 6.06. The van der Waals surface area contributed by atoms with Crippen LogP contribution in [-0.4, -0.2) is 48.7 Å². The lowest BCUT2D eigenvalue weighted by molar-refractivity contribution is -0.151. The Morgan fingerprint density at radius 1 is 1.19 bits per heavy atom. The van der Waals surface area contributed by atoms with E-state index in [2.05, 4.69) is 17.3 Å². The molecule has 0 amide bonds. The van der Waals surface area contributed by atoms with Crippen molar-refractivity contribution < 1.29 is 9.53 Å². The van der Waals surface area contributed by atoms with E-state index in [0.717, 1.165) is 6.54 Å². The maximum Gasteiger partial charge on any atom is 0.327 e. The molecule has 1 atom stereocenters. The number of esters is 1. The minimum Gasteiger partial charge on any atom is -0.465 e. The maximum atomic E-state index is 12.4. The van der Waals surface area contributed by atoms with E-state index in [9.17, 15) is 4.79 Å². The van der Waals surface area contributed by atoms with Gasteiger partial charge in [0, 0.05) is 18.6 Å². The van der Waals surface area contributed by atoms with Gasteiger partial charge < -0.3 is 9.64 Å². The number of nitrogens with zero attached hydrogens (tertiary/aromatic N) is 1. The molecule has 2 saturated carbocycles. The van der Waals surface area contributed by atoms with Crippen molar-refractivity contribution in [2.75, 3.05) is 20.2 Å². The fourth-order valence-electron chi connectivity index (χ4n) is 3.46. The number of hydrogen-bond acceptors (Lipinski definition) is 4. The smallest absolute Gasteiger partial charge is 0.327 e. The molecule has 2 rings (SSSR count). The number of hydrogen-bond donors (Lipinski definition) is 1. The molecule has 0 saturated heterocycles. The molecule has 0 aromatic carbocycles. The summed E-state index contributed by atoms with van der Waals surface area (Å²) in [6.45, 7) is 5.09. The lowest BCUT2D eigenvalue weighted by atomic mass is 9.99. The number of likely N-dealkylation sites (N-methyl/N-ethyl adjacent to an activating group) is 1. The number of nitrogens with one attached hydrogen (secondary N) is 1. The van der Waals surface area contributed by atoms with Crippen molar-refractivity contribution in [1.82, 2.24) is 10.2 Å². The SMILES string of the molecule is CCOC(=O)C(C)(CN(C)C1CCCCCC1)NC1CC1. The van der Waals surface area contributed by atoms with E-state index in [4.69, 9.17) is 4.74 Å². The summed E-state index contributed by atoms with van der Waals surface area (Å²) in [4.78, 5) is 14.8. The molecule has 0 heterocycles. The number of carbonyl (C=O) groups excluding carboxylic acids is 1. The molecule has 1 unspecified atom stereocenters. The van der Waals surface area contributed by atoms with Gasteiger partial charge in [-0.15, -0.1) is 0 Å². The van der Waals surface area contributed by atoms with Crippen LogP contribution in [0.4, 0.5) is 0 Å². The lowest BCUT2D eigenvalue weighted by Crippen LogP contribution is -2.59. The first-order chi connectivity index (χ1) is 10.0. The van der Waals surface area contributed by atoms with Crippen molar-refractivity contribution in [2.45, 2.75) is 82.8 Å². The molecule has 1 N–H and O–H groups in total. The molecule has 0 radical (unpaired) electrons. The Labute approximate surface area is 129 Å². The van der Waals surface area contributed by atoms with Gasteiger partial charge in [-0.2, -0.15) is 0 Å². The molecule has 0 spiro atoms. The summed E-state index contributed by atoms with van der Waals surface area (Å²) < 4.78 is 5.32. The van der Waals surface area contributed by atoms with Gasteiger partial charge in [-0.05, 0) is 46.6 Å². The van der Waals surface area contributed by atoms with Crippen LogP contribution in [0.5, 0.6) is 0 Å². The molecule has 4 heteroatoms. The first-order valence-corrected chi connectivity index (χ1v) is 8.70. The second kappa shape index (κ2) is 7.59. The zero-order valence-corrected chi connectivity index (χ0v) is 14.0. The predicted molar refractivity (Wildman–Crippen MR) is 85.3 cm³/mol. The molecule has 2 aliphatic rings. The van der Waals surface area contributed by atoms with Gasteiger partial charge in [-0.3, -0.25) is 10.1 Å². The Morgan fingerprint density at radius 2 is 1.81 bits per heavy atom. The van der Waals surface area contributed by atoms with Crippen LogP contribution < -0.4 is 5.32 Å². The summed E-state index contributed by atoms with van der Waals surface area (Å²) >= 11 is 0. The highest BCUT2D eigenvalue weighted by molar-refractivity contribution is 5.80. The lowest BCUT2D eigenvalue weighted by Gasteiger charge is -2.36. The third kappa shape index (κ3) is 4.96. The Bertz CT molecular complexity index is 336. The average molecular weight is 296 g/mol. The molecule has 0 bridgehead atoms. The summed E-state index contributed by atoms with van der Waals surface area (Å²) in [6, 6.07) is 1.11.